The zero-order chi connectivity index (χ0) is 16.9. The number of amides is 2. The van der Waals surface area contributed by atoms with Gasteiger partial charge in [0, 0.05) is 5.69 Å². The highest BCUT2D eigenvalue weighted by Gasteiger charge is 2.21. The van der Waals surface area contributed by atoms with Crippen molar-refractivity contribution in [1.82, 2.24) is 5.32 Å². The monoisotopic (exact) mass is 329 g/mol. The maximum absolute atomic E-state index is 11.8. The number of urea groups is 1. The van der Waals surface area contributed by atoms with Crippen LogP contribution in [0, 0.1) is 5.92 Å². The molecule has 0 aliphatic rings. The van der Waals surface area contributed by atoms with E-state index in [2.05, 4.69) is 10.6 Å². The third-order valence-electron chi connectivity index (χ3n) is 2.75. The van der Waals surface area contributed by atoms with Crippen molar-refractivity contribution in [2.75, 3.05) is 5.32 Å². The topological polar surface area (TPSA) is 139 Å². The molecule has 0 saturated carbocycles. The molecule has 0 aliphatic heterocycles. The standard InChI is InChI=1S/C13H19N3O5S/c1-8(2)7-11(12(17)18)16-13(19)15-9-3-5-10(6-4-9)22(14,20)21/h3-6,8,11H,7H2,1-2H3,(H,17,18)(H2,14,20,21)(H2,15,16,19)/t11-/m0/s1. The summed E-state index contributed by atoms with van der Waals surface area (Å²) >= 11 is 0. The molecule has 122 valence electrons. The van der Waals surface area contributed by atoms with Crippen LogP contribution in [-0.2, 0) is 14.8 Å². The average Bonchev–Trinajstić information content (AvgIpc) is 2.36. The molecule has 1 atom stereocenters. The Labute approximate surface area is 128 Å². The van der Waals surface area contributed by atoms with Crippen LogP contribution in [0.4, 0.5) is 10.5 Å². The van der Waals surface area contributed by atoms with E-state index in [1.807, 2.05) is 13.8 Å². The SMILES string of the molecule is CC(C)C[C@H](NC(=O)Nc1ccc(S(N)(=O)=O)cc1)C(=O)O. The van der Waals surface area contributed by atoms with Crippen LogP contribution in [0.25, 0.3) is 0 Å². The predicted octanol–water partition coefficient (Wildman–Crippen LogP) is 0.955. The van der Waals surface area contributed by atoms with Crippen LogP contribution in [0.5, 0.6) is 0 Å². The summed E-state index contributed by atoms with van der Waals surface area (Å²) in [6.07, 6.45) is 0.299. The second-order valence-corrected chi connectivity index (χ2v) is 6.75. The number of carbonyl (C=O) groups excluding carboxylic acids is 1. The van der Waals surface area contributed by atoms with Gasteiger partial charge < -0.3 is 15.7 Å². The van der Waals surface area contributed by atoms with E-state index in [0.29, 0.717) is 12.1 Å². The molecule has 0 heterocycles. The lowest BCUT2D eigenvalue weighted by Gasteiger charge is -2.17. The number of carboxylic acids is 1. The fraction of sp³-hybridized carbons (Fsp3) is 0.385. The zero-order valence-electron chi connectivity index (χ0n) is 12.2. The molecule has 9 heteroatoms. The first-order valence-electron chi connectivity index (χ1n) is 6.52. The first-order valence-corrected chi connectivity index (χ1v) is 8.07. The Morgan fingerprint density at radius 2 is 1.77 bits per heavy atom. The highest BCUT2D eigenvalue weighted by Crippen LogP contribution is 2.13. The maximum Gasteiger partial charge on any atom is 0.326 e. The molecule has 0 saturated heterocycles. The van der Waals surface area contributed by atoms with Gasteiger partial charge in [-0.25, -0.2) is 23.1 Å². The van der Waals surface area contributed by atoms with Crippen molar-refractivity contribution in [2.24, 2.45) is 11.1 Å². The van der Waals surface area contributed by atoms with Crippen LogP contribution in [-0.4, -0.2) is 31.6 Å². The fourth-order valence-corrected chi connectivity index (χ4v) is 2.26. The molecule has 22 heavy (non-hydrogen) atoms. The van der Waals surface area contributed by atoms with Crippen molar-refractivity contribution >= 4 is 27.7 Å². The van der Waals surface area contributed by atoms with Crippen LogP contribution in [0.15, 0.2) is 29.2 Å². The number of aliphatic carboxylic acids is 1. The third kappa shape index (κ3) is 5.70. The number of carboxylic acid groups (broad SMARTS) is 1. The molecule has 0 unspecified atom stereocenters. The molecule has 0 aromatic heterocycles. The van der Waals surface area contributed by atoms with Gasteiger partial charge >= 0.3 is 12.0 Å². The van der Waals surface area contributed by atoms with Crippen LogP contribution >= 0.6 is 0 Å². The van der Waals surface area contributed by atoms with Gasteiger partial charge in [0.1, 0.15) is 6.04 Å². The molecular weight excluding hydrogens is 310 g/mol. The number of carbonyl (C=O) groups is 2. The minimum Gasteiger partial charge on any atom is -0.480 e. The van der Waals surface area contributed by atoms with Crippen molar-refractivity contribution in [3.63, 3.8) is 0 Å². The van der Waals surface area contributed by atoms with Crippen molar-refractivity contribution in [2.45, 2.75) is 31.2 Å². The number of anilines is 1. The van der Waals surface area contributed by atoms with Crippen LogP contribution in [0.1, 0.15) is 20.3 Å². The molecule has 0 bridgehead atoms. The Hall–Kier alpha value is -2.13. The summed E-state index contributed by atoms with van der Waals surface area (Å²) < 4.78 is 22.2. The van der Waals surface area contributed by atoms with Gasteiger partial charge in [0.2, 0.25) is 10.0 Å². The Morgan fingerprint density at radius 1 is 1.23 bits per heavy atom. The number of sulfonamides is 1. The van der Waals surface area contributed by atoms with E-state index in [-0.39, 0.29) is 10.8 Å². The molecular formula is C13H19N3O5S. The first-order chi connectivity index (χ1) is 10.1. The smallest absolute Gasteiger partial charge is 0.326 e. The number of hydrogen-bond acceptors (Lipinski definition) is 4. The third-order valence-corrected chi connectivity index (χ3v) is 3.68. The quantitative estimate of drug-likeness (QED) is 0.615. The highest BCUT2D eigenvalue weighted by molar-refractivity contribution is 7.89. The number of rotatable bonds is 6. The fourth-order valence-electron chi connectivity index (χ4n) is 1.75. The van der Waals surface area contributed by atoms with Crippen molar-refractivity contribution in [3.8, 4) is 0 Å². The van der Waals surface area contributed by atoms with Crippen LogP contribution < -0.4 is 15.8 Å². The lowest BCUT2D eigenvalue weighted by molar-refractivity contribution is -0.139. The molecule has 0 fully saturated rings. The molecule has 5 N–H and O–H groups in total. The van der Waals surface area contributed by atoms with E-state index >= 15 is 0 Å². The molecule has 0 radical (unpaired) electrons. The highest BCUT2D eigenvalue weighted by atomic mass is 32.2. The molecule has 1 aromatic rings. The summed E-state index contributed by atoms with van der Waals surface area (Å²) in [5, 5.41) is 18.8. The number of primary sulfonamides is 1. The van der Waals surface area contributed by atoms with E-state index in [1.54, 1.807) is 0 Å². The summed E-state index contributed by atoms with van der Waals surface area (Å²) in [5.74, 6) is -1.01. The minimum absolute atomic E-state index is 0.0818. The van der Waals surface area contributed by atoms with Gasteiger partial charge in [-0.05, 0) is 36.6 Å². The zero-order valence-corrected chi connectivity index (χ0v) is 13.1. The van der Waals surface area contributed by atoms with Gasteiger partial charge in [-0.2, -0.15) is 0 Å². The largest absolute Gasteiger partial charge is 0.480 e. The first kappa shape index (κ1) is 17.9. The molecule has 2 amide bonds. The van der Waals surface area contributed by atoms with E-state index < -0.39 is 28.1 Å². The summed E-state index contributed by atoms with van der Waals surface area (Å²) in [7, 11) is -3.80. The van der Waals surface area contributed by atoms with Gasteiger partial charge in [0.25, 0.3) is 0 Å². The van der Waals surface area contributed by atoms with Crippen molar-refractivity contribution in [1.29, 1.82) is 0 Å². The lowest BCUT2D eigenvalue weighted by atomic mass is 10.0. The summed E-state index contributed by atoms with van der Waals surface area (Å²) in [4.78, 5) is 22.7. The molecule has 0 aliphatic carbocycles. The Kier molecular flexibility index (Phi) is 5.89. The van der Waals surface area contributed by atoms with Crippen molar-refractivity contribution in [3.05, 3.63) is 24.3 Å². The minimum atomic E-state index is -3.80. The summed E-state index contributed by atoms with van der Waals surface area (Å²) in [5.41, 5.74) is 0.318. The Morgan fingerprint density at radius 3 is 2.18 bits per heavy atom. The summed E-state index contributed by atoms with van der Waals surface area (Å²) in [6, 6.07) is 3.52. The van der Waals surface area contributed by atoms with Gasteiger partial charge in [-0.3, -0.25) is 0 Å². The maximum atomic E-state index is 11.8. The number of benzene rings is 1. The molecule has 8 nitrogen and oxygen atoms in total. The number of hydrogen-bond donors (Lipinski definition) is 4. The van der Waals surface area contributed by atoms with E-state index in [9.17, 15) is 18.0 Å². The Bertz CT molecular complexity index is 640. The van der Waals surface area contributed by atoms with Gasteiger partial charge in [-0.15, -0.1) is 0 Å². The average molecular weight is 329 g/mol. The lowest BCUT2D eigenvalue weighted by Crippen LogP contribution is -2.43. The van der Waals surface area contributed by atoms with Gasteiger partial charge in [0.05, 0.1) is 4.90 Å². The predicted molar refractivity (Wildman–Crippen MR) is 80.8 cm³/mol. The number of nitrogens with two attached hydrogens (primary N) is 1. The second kappa shape index (κ2) is 7.23. The van der Waals surface area contributed by atoms with E-state index in [0.717, 1.165) is 0 Å². The van der Waals surface area contributed by atoms with Gasteiger partial charge in [-0.1, -0.05) is 13.8 Å². The Balaban J connectivity index is 2.70. The van der Waals surface area contributed by atoms with Crippen LogP contribution in [0.3, 0.4) is 0 Å². The van der Waals surface area contributed by atoms with E-state index in [1.165, 1.54) is 24.3 Å². The molecule has 1 rings (SSSR count). The number of nitrogens with one attached hydrogen (secondary N) is 2. The molecule has 0 spiro atoms. The molecule has 1 aromatic carbocycles. The van der Waals surface area contributed by atoms with Crippen molar-refractivity contribution < 1.29 is 23.1 Å². The second-order valence-electron chi connectivity index (χ2n) is 5.19. The summed E-state index contributed by atoms with van der Waals surface area (Å²) in [6.45, 7) is 3.70. The normalized spacial score (nSPS) is 12.7. The van der Waals surface area contributed by atoms with Crippen LogP contribution in [0.2, 0.25) is 0 Å². The van der Waals surface area contributed by atoms with E-state index in [4.69, 9.17) is 10.2 Å². The van der Waals surface area contributed by atoms with Gasteiger partial charge in [0.15, 0.2) is 0 Å².